The van der Waals surface area contributed by atoms with Crippen LogP contribution in [0.4, 0.5) is 4.39 Å². The first-order valence-electron chi connectivity index (χ1n) is 6.30. The highest BCUT2D eigenvalue weighted by Gasteiger charge is 2.36. The number of benzene rings is 1. The Kier molecular flexibility index (Phi) is 4.50. The van der Waals surface area contributed by atoms with Crippen molar-refractivity contribution in [2.75, 3.05) is 26.9 Å². The van der Waals surface area contributed by atoms with Crippen LogP contribution in [0.5, 0.6) is 0 Å². The van der Waals surface area contributed by atoms with E-state index in [2.05, 4.69) is 5.32 Å². The number of carbonyl (C=O) groups excluding carboxylic acids is 1. The molecular formula is C14H18FNO3. The van der Waals surface area contributed by atoms with Crippen molar-refractivity contribution < 1.29 is 18.7 Å². The Morgan fingerprint density at radius 1 is 1.47 bits per heavy atom. The van der Waals surface area contributed by atoms with E-state index in [-0.39, 0.29) is 18.3 Å². The molecule has 1 aromatic carbocycles. The highest BCUT2D eigenvalue weighted by atomic mass is 19.1. The van der Waals surface area contributed by atoms with Gasteiger partial charge in [0.2, 0.25) is 5.91 Å². The van der Waals surface area contributed by atoms with Crippen molar-refractivity contribution in [3.05, 3.63) is 35.6 Å². The predicted molar refractivity (Wildman–Crippen MR) is 68.1 cm³/mol. The first-order valence-corrected chi connectivity index (χ1v) is 6.30. The topological polar surface area (TPSA) is 47.6 Å². The Morgan fingerprint density at radius 2 is 2.21 bits per heavy atom. The maximum Gasteiger partial charge on any atom is 0.246 e. The molecule has 0 unspecified atom stereocenters. The number of hydrogen-bond donors (Lipinski definition) is 1. The minimum Gasteiger partial charge on any atom is -0.381 e. The third-order valence-corrected chi connectivity index (χ3v) is 3.38. The van der Waals surface area contributed by atoms with E-state index in [0.29, 0.717) is 26.1 Å². The summed E-state index contributed by atoms with van der Waals surface area (Å²) in [6.07, 6.45) is 1.26. The first kappa shape index (κ1) is 14.0. The molecule has 1 N–H and O–H groups in total. The van der Waals surface area contributed by atoms with E-state index in [1.165, 1.54) is 19.2 Å². The molecule has 1 saturated heterocycles. The molecule has 1 amide bonds. The van der Waals surface area contributed by atoms with Crippen LogP contribution in [-0.4, -0.2) is 32.8 Å². The lowest BCUT2D eigenvalue weighted by molar-refractivity contribution is -0.128. The van der Waals surface area contributed by atoms with Gasteiger partial charge in [-0.05, 0) is 30.5 Å². The van der Waals surface area contributed by atoms with Crippen LogP contribution in [-0.2, 0) is 19.8 Å². The molecule has 1 fully saturated rings. The first-order chi connectivity index (χ1) is 9.16. The standard InChI is InChI=1S/C14H18FNO3/c1-18-10-13(17)16-14(5-7-19-8-6-14)11-3-2-4-12(15)9-11/h2-4,9H,5-8,10H2,1H3,(H,16,17). The van der Waals surface area contributed by atoms with Gasteiger partial charge in [-0.2, -0.15) is 0 Å². The Balaban J connectivity index is 2.26. The highest BCUT2D eigenvalue weighted by Crippen LogP contribution is 2.32. The summed E-state index contributed by atoms with van der Waals surface area (Å²) >= 11 is 0. The maximum atomic E-state index is 13.4. The summed E-state index contributed by atoms with van der Waals surface area (Å²) in [5.74, 6) is -0.502. The van der Waals surface area contributed by atoms with Gasteiger partial charge in [-0.25, -0.2) is 4.39 Å². The number of nitrogens with one attached hydrogen (secondary N) is 1. The van der Waals surface area contributed by atoms with Crippen molar-refractivity contribution in [2.24, 2.45) is 0 Å². The van der Waals surface area contributed by atoms with E-state index < -0.39 is 5.54 Å². The van der Waals surface area contributed by atoms with Gasteiger partial charge < -0.3 is 14.8 Å². The number of ether oxygens (including phenoxy) is 2. The fourth-order valence-electron chi connectivity index (χ4n) is 2.43. The van der Waals surface area contributed by atoms with Crippen LogP contribution in [0.3, 0.4) is 0 Å². The Bertz CT molecular complexity index is 444. The van der Waals surface area contributed by atoms with Gasteiger partial charge in [-0.15, -0.1) is 0 Å². The minimum absolute atomic E-state index is 0.00206. The normalized spacial score (nSPS) is 18.0. The second kappa shape index (κ2) is 6.12. The Hall–Kier alpha value is -1.46. The fraction of sp³-hybridized carbons (Fsp3) is 0.500. The van der Waals surface area contributed by atoms with Gasteiger partial charge in [0.25, 0.3) is 0 Å². The molecule has 19 heavy (non-hydrogen) atoms. The average molecular weight is 267 g/mol. The SMILES string of the molecule is COCC(=O)NC1(c2cccc(F)c2)CCOCC1. The monoisotopic (exact) mass is 267 g/mol. The van der Waals surface area contributed by atoms with Gasteiger partial charge in [0.05, 0.1) is 5.54 Å². The van der Waals surface area contributed by atoms with Crippen LogP contribution in [0.15, 0.2) is 24.3 Å². The van der Waals surface area contributed by atoms with Crippen molar-refractivity contribution >= 4 is 5.91 Å². The van der Waals surface area contributed by atoms with Crippen molar-refractivity contribution in [2.45, 2.75) is 18.4 Å². The van der Waals surface area contributed by atoms with Crippen molar-refractivity contribution in [3.63, 3.8) is 0 Å². The van der Waals surface area contributed by atoms with Crippen LogP contribution >= 0.6 is 0 Å². The number of carbonyl (C=O) groups is 1. The van der Waals surface area contributed by atoms with Crippen molar-refractivity contribution in [3.8, 4) is 0 Å². The van der Waals surface area contributed by atoms with E-state index in [9.17, 15) is 9.18 Å². The predicted octanol–water partition coefficient (Wildman–Crippen LogP) is 1.59. The molecule has 1 aromatic rings. The molecule has 0 atom stereocenters. The molecule has 0 bridgehead atoms. The number of methoxy groups -OCH3 is 1. The van der Waals surface area contributed by atoms with E-state index in [4.69, 9.17) is 9.47 Å². The van der Waals surface area contributed by atoms with Crippen LogP contribution in [0.2, 0.25) is 0 Å². The quantitative estimate of drug-likeness (QED) is 0.901. The van der Waals surface area contributed by atoms with Gasteiger partial charge in [0, 0.05) is 20.3 Å². The lowest BCUT2D eigenvalue weighted by Gasteiger charge is -2.38. The number of halogens is 1. The molecular weight excluding hydrogens is 249 g/mol. The van der Waals surface area contributed by atoms with Gasteiger partial charge in [0.15, 0.2) is 0 Å². The Morgan fingerprint density at radius 3 is 2.84 bits per heavy atom. The molecule has 0 radical (unpaired) electrons. The zero-order valence-corrected chi connectivity index (χ0v) is 10.9. The molecule has 1 aliphatic rings. The maximum absolute atomic E-state index is 13.4. The summed E-state index contributed by atoms with van der Waals surface area (Å²) in [6.45, 7) is 1.09. The smallest absolute Gasteiger partial charge is 0.246 e. The summed E-state index contributed by atoms with van der Waals surface area (Å²) in [5, 5.41) is 2.97. The molecule has 4 nitrogen and oxygen atoms in total. The van der Waals surface area contributed by atoms with Crippen LogP contribution in [0, 0.1) is 5.82 Å². The second-order valence-electron chi connectivity index (χ2n) is 4.69. The third-order valence-electron chi connectivity index (χ3n) is 3.38. The average Bonchev–Trinajstić information content (AvgIpc) is 2.40. The van der Waals surface area contributed by atoms with Gasteiger partial charge in [-0.3, -0.25) is 4.79 Å². The largest absolute Gasteiger partial charge is 0.381 e. The molecule has 104 valence electrons. The molecule has 2 rings (SSSR count). The van der Waals surface area contributed by atoms with Crippen LogP contribution in [0.25, 0.3) is 0 Å². The van der Waals surface area contributed by atoms with E-state index in [0.717, 1.165) is 5.56 Å². The molecule has 1 aliphatic heterocycles. The lowest BCUT2D eigenvalue weighted by atomic mass is 9.82. The molecule has 0 saturated carbocycles. The second-order valence-corrected chi connectivity index (χ2v) is 4.69. The summed E-state index contributed by atoms with van der Waals surface area (Å²) in [5.41, 5.74) is 0.218. The van der Waals surface area contributed by atoms with Crippen molar-refractivity contribution in [1.29, 1.82) is 0 Å². The lowest BCUT2D eigenvalue weighted by Crippen LogP contribution is -2.50. The number of rotatable bonds is 4. The Labute approximate surface area is 111 Å². The summed E-state index contributed by atoms with van der Waals surface area (Å²) in [4.78, 5) is 11.8. The molecule has 5 heteroatoms. The fourth-order valence-corrected chi connectivity index (χ4v) is 2.43. The zero-order chi connectivity index (χ0) is 13.7. The molecule has 0 aliphatic carbocycles. The molecule has 0 aromatic heterocycles. The summed E-state index contributed by atoms with van der Waals surface area (Å²) in [7, 11) is 1.47. The number of amides is 1. The van der Waals surface area contributed by atoms with Crippen LogP contribution < -0.4 is 5.32 Å². The van der Waals surface area contributed by atoms with E-state index in [1.807, 2.05) is 6.07 Å². The summed E-state index contributed by atoms with van der Waals surface area (Å²) in [6, 6.07) is 6.36. The van der Waals surface area contributed by atoms with Gasteiger partial charge in [-0.1, -0.05) is 12.1 Å². The minimum atomic E-state index is -0.560. The highest BCUT2D eigenvalue weighted by molar-refractivity contribution is 5.78. The van der Waals surface area contributed by atoms with Crippen LogP contribution in [0.1, 0.15) is 18.4 Å². The number of hydrogen-bond acceptors (Lipinski definition) is 3. The molecule has 0 spiro atoms. The van der Waals surface area contributed by atoms with E-state index >= 15 is 0 Å². The van der Waals surface area contributed by atoms with Crippen molar-refractivity contribution in [1.82, 2.24) is 5.32 Å². The van der Waals surface area contributed by atoms with Gasteiger partial charge >= 0.3 is 0 Å². The zero-order valence-electron chi connectivity index (χ0n) is 10.9. The summed E-state index contributed by atoms with van der Waals surface area (Å²) < 4.78 is 23.6. The third kappa shape index (κ3) is 3.30. The molecule has 1 heterocycles. The van der Waals surface area contributed by atoms with E-state index in [1.54, 1.807) is 6.07 Å². The van der Waals surface area contributed by atoms with Gasteiger partial charge in [0.1, 0.15) is 12.4 Å².